The maximum absolute atomic E-state index is 11.4. The van der Waals surface area contributed by atoms with Crippen LogP contribution < -0.4 is 4.74 Å². The smallest absolute Gasteiger partial charge is 0.137 e. The van der Waals surface area contributed by atoms with E-state index in [1.165, 1.54) is 5.56 Å². The molecule has 0 amide bonds. The third-order valence-corrected chi connectivity index (χ3v) is 3.07. The SMILES string of the molecule is CC.CC.CC(=O)C(C)c1cccc2c1CCCO2. The number of fused-ring (bicyclic) bond motifs is 1. The Morgan fingerprint density at radius 3 is 2.42 bits per heavy atom. The quantitative estimate of drug-likeness (QED) is 0.770. The molecular formula is C17H28O2. The topological polar surface area (TPSA) is 26.3 Å². The lowest BCUT2D eigenvalue weighted by atomic mass is 9.89. The van der Waals surface area contributed by atoms with Gasteiger partial charge in [-0.05, 0) is 37.0 Å². The summed E-state index contributed by atoms with van der Waals surface area (Å²) in [7, 11) is 0. The predicted octanol–water partition coefficient (Wildman–Crippen LogP) is 4.76. The average molecular weight is 264 g/mol. The number of ether oxygens (including phenoxy) is 1. The summed E-state index contributed by atoms with van der Waals surface area (Å²) in [5.74, 6) is 1.17. The molecule has 0 N–H and O–H groups in total. The lowest BCUT2D eigenvalue weighted by molar-refractivity contribution is -0.118. The van der Waals surface area contributed by atoms with Crippen molar-refractivity contribution >= 4 is 5.78 Å². The van der Waals surface area contributed by atoms with E-state index in [4.69, 9.17) is 4.74 Å². The Bertz CT molecular complexity index is 383. The van der Waals surface area contributed by atoms with Gasteiger partial charge in [-0.25, -0.2) is 0 Å². The van der Waals surface area contributed by atoms with Crippen LogP contribution in [-0.4, -0.2) is 12.4 Å². The molecule has 0 radical (unpaired) electrons. The standard InChI is InChI=1S/C13H16O2.2C2H6/c1-9(10(2)14)11-5-3-7-13-12(11)6-4-8-15-13;2*1-2/h3,5,7,9H,4,6,8H2,1-2H3;2*1-2H3. The Morgan fingerprint density at radius 1 is 1.21 bits per heavy atom. The van der Waals surface area contributed by atoms with E-state index in [1.54, 1.807) is 6.92 Å². The third-order valence-electron chi connectivity index (χ3n) is 3.07. The molecule has 1 aliphatic heterocycles. The molecule has 0 bridgehead atoms. The summed E-state index contributed by atoms with van der Waals surface area (Å²) in [6.07, 6.45) is 2.08. The van der Waals surface area contributed by atoms with Crippen molar-refractivity contribution in [1.29, 1.82) is 0 Å². The molecule has 0 saturated heterocycles. The summed E-state index contributed by atoms with van der Waals surface area (Å²) < 4.78 is 5.58. The van der Waals surface area contributed by atoms with Crippen LogP contribution in [0.4, 0.5) is 0 Å². The van der Waals surface area contributed by atoms with Gasteiger partial charge < -0.3 is 4.74 Å². The van der Waals surface area contributed by atoms with Crippen molar-refractivity contribution in [2.45, 2.75) is 60.3 Å². The maximum Gasteiger partial charge on any atom is 0.137 e. The van der Waals surface area contributed by atoms with Crippen molar-refractivity contribution in [2.24, 2.45) is 0 Å². The van der Waals surface area contributed by atoms with Gasteiger partial charge >= 0.3 is 0 Å². The summed E-state index contributed by atoms with van der Waals surface area (Å²) in [6, 6.07) is 6.00. The second-order valence-electron chi connectivity index (χ2n) is 4.11. The highest BCUT2D eigenvalue weighted by Crippen LogP contribution is 2.32. The van der Waals surface area contributed by atoms with Gasteiger partial charge in [-0.3, -0.25) is 4.79 Å². The molecule has 0 saturated carbocycles. The molecule has 0 fully saturated rings. The van der Waals surface area contributed by atoms with Crippen LogP contribution in [0, 0.1) is 0 Å². The minimum Gasteiger partial charge on any atom is -0.493 e. The summed E-state index contributed by atoms with van der Waals surface area (Å²) in [5.41, 5.74) is 2.37. The molecule has 1 unspecified atom stereocenters. The highest BCUT2D eigenvalue weighted by atomic mass is 16.5. The van der Waals surface area contributed by atoms with Crippen LogP contribution in [0.2, 0.25) is 0 Å². The van der Waals surface area contributed by atoms with Crippen molar-refractivity contribution in [3.8, 4) is 5.75 Å². The van der Waals surface area contributed by atoms with Gasteiger partial charge in [0.15, 0.2) is 0 Å². The normalized spacial score (nSPS) is 13.6. The molecular weight excluding hydrogens is 236 g/mol. The van der Waals surface area contributed by atoms with Crippen LogP contribution in [0.15, 0.2) is 18.2 Å². The Labute approximate surface area is 118 Å². The van der Waals surface area contributed by atoms with Crippen LogP contribution in [0.25, 0.3) is 0 Å². The molecule has 19 heavy (non-hydrogen) atoms. The number of hydrogen-bond donors (Lipinski definition) is 0. The first-order valence-electron chi connectivity index (χ1n) is 7.45. The highest BCUT2D eigenvalue weighted by Gasteiger charge is 2.19. The van der Waals surface area contributed by atoms with Crippen LogP contribution in [0.5, 0.6) is 5.75 Å². The lowest BCUT2D eigenvalue weighted by Gasteiger charge is -2.22. The van der Waals surface area contributed by atoms with Crippen LogP contribution in [-0.2, 0) is 11.2 Å². The number of carbonyl (C=O) groups is 1. The molecule has 1 aromatic carbocycles. The van der Waals surface area contributed by atoms with Gasteiger partial charge in [-0.1, -0.05) is 46.8 Å². The number of carbonyl (C=O) groups excluding carboxylic acids is 1. The van der Waals surface area contributed by atoms with Crippen molar-refractivity contribution in [3.63, 3.8) is 0 Å². The summed E-state index contributed by atoms with van der Waals surface area (Å²) >= 11 is 0. The number of rotatable bonds is 2. The van der Waals surface area contributed by atoms with Gasteiger partial charge in [-0.2, -0.15) is 0 Å². The largest absolute Gasteiger partial charge is 0.493 e. The third kappa shape index (κ3) is 4.70. The minimum absolute atomic E-state index is 0.0124. The Balaban J connectivity index is 0.000000741. The first kappa shape index (κ1) is 17.7. The molecule has 0 spiro atoms. The van der Waals surface area contributed by atoms with Gasteiger partial charge in [0, 0.05) is 5.92 Å². The van der Waals surface area contributed by atoms with E-state index in [1.807, 2.05) is 52.8 Å². The molecule has 1 heterocycles. The second-order valence-corrected chi connectivity index (χ2v) is 4.11. The van der Waals surface area contributed by atoms with E-state index < -0.39 is 0 Å². The van der Waals surface area contributed by atoms with E-state index in [0.717, 1.165) is 30.8 Å². The fourth-order valence-electron chi connectivity index (χ4n) is 2.04. The Morgan fingerprint density at radius 2 is 1.84 bits per heavy atom. The van der Waals surface area contributed by atoms with Crippen LogP contribution >= 0.6 is 0 Å². The number of benzene rings is 1. The zero-order valence-corrected chi connectivity index (χ0v) is 13.2. The number of hydrogen-bond acceptors (Lipinski definition) is 2. The number of Topliss-reactive ketones (excluding diaryl/α,β-unsaturated/α-hetero) is 1. The van der Waals surface area contributed by atoms with Crippen LogP contribution in [0.1, 0.15) is 65.0 Å². The van der Waals surface area contributed by atoms with Crippen molar-refractivity contribution in [3.05, 3.63) is 29.3 Å². The van der Waals surface area contributed by atoms with Crippen molar-refractivity contribution in [2.75, 3.05) is 6.61 Å². The Hall–Kier alpha value is -1.31. The first-order chi connectivity index (χ1) is 9.20. The zero-order valence-electron chi connectivity index (χ0n) is 13.2. The van der Waals surface area contributed by atoms with Gasteiger partial charge in [0.2, 0.25) is 0 Å². The fraction of sp³-hybridized carbons (Fsp3) is 0.588. The van der Waals surface area contributed by atoms with E-state index in [-0.39, 0.29) is 11.7 Å². The molecule has 108 valence electrons. The Kier molecular flexibility index (Phi) is 8.94. The van der Waals surface area contributed by atoms with Gasteiger partial charge in [0.25, 0.3) is 0 Å². The van der Waals surface area contributed by atoms with Crippen molar-refractivity contribution in [1.82, 2.24) is 0 Å². The van der Waals surface area contributed by atoms with E-state index in [2.05, 4.69) is 0 Å². The molecule has 2 heteroatoms. The molecule has 1 aromatic rings. The monoisotopic (exact) mass is 264 g/mol. The predicted molar refractivity (Wildman–Crippen MR) is 82.1 cm³/mol. The maximum atomic E-state index is 11.4. The molecule has 2 rings (SSSR count). The van der Waals surface area contributed by atoms with E-state index in [9.17, 15) is 4.79 Å². The zero-order chi connectivity index (χ0) is 14.8. The summed E-state index contributed by atoms with van der Waals surface area (Å²) in [5, 5.41) is 0. The lowest BCUT2D eigenvalue weighted by Crippen LogP contribution is -2.14. The highest BCUT2D eigenvalue weighted by molar-refractivity contribution is 5.83. The molecule has 0 aliphatic carbocycles. The fourth-order valence-corrected chi connectivity index (χ4v) is 2.04. The van der Waals surface area contributed by atoms with Crippen molar-refractivity contribution < 1.29 is 9.53 Å². The van der Waals surface area contributed by atoms with E-state index >= 15 is 0 Å². The van der Waals surface area contributed by atoms with Gasteiger partial charge in [0.1, 0.15) is 11.5 Å². The minimum atomic E-state index is -0.0124. The van der Waals surface area contributed by atoms with E-state index in [0.29, 0.717) is 0 Å². The molecule has 1 atom stereocenters. The van der Waals surface area contributed by atoms with Gasteiger partial charge in [-0.15, -0.1) is 0 Å². The second kappa shape index (κ2) is 9.60. The molecule has 1 aliphatic rings. The first-order valence-corrected chi connectivity index (χ1v) is 7.45. The number of ketones is 1. The molecule has 2 nitrogen and oxygen atoms in total. The van der Waals surface area contributed by atoms with Crippen LogP contribution in [0.3, 0.4) is 0 Å². The summed E-state index contributed by atoms with van der Waals surface area (Å²) in [6.45, 7) is 12.4. The average Bonchev–Trinajstić information content (AvgIpc) is 2.50. The molecule has 0 aromatic heterocycles. The summed E-state index contributed by atoms with van der Waals surface area (Å²) in [4.78, 5) is 11.4. The van der Waals surface area contributed by atoms with Gasteiger partial charge in [0.05, 0.1) is 6.61 Å².